The molecule has 0 saturated heterocycles. The third-order valence-corrected chi connectivity index (χ3v) is 1.97. The molecule has 0 aromatic carbocycles. The molecule has 1 nitrogen and oxygen atoms in total. The van der Waals surface area contributed by atoms with Gasteiger partial charge in [-0.3, -0.25) is 0 Å². The van der Waals surface area contributed by atoms with Gasteiger partial charge < -0.3 is 5.11 Å². The lowest BCUT2D eigenvalue weighted by atomic mass is 9.92. The molecule has 0 heterocycles. The predicted molar refractivity (Wildman–Crippen MR) is 38.2 cm³/mol. The van der Waals surface area contributed by atoms with Gasteiger partial charge in [0.25, 0.3) is 0 Å². The molecule has 1 aliphatic carbocycles. The molecule has 0 aromatic rings. The minimum Gasteiger partial charge on any atom is -0.392 e. The lowest BCUT2D eigenvalue weighted by Crippen LogP contribution is -2.03. The van der Waals surface area contributed by atoms with E-state index in [0.717, 1.165) is 18.8 Å². The van der Waals surface area contributed by atoms with Crippen molar-refractivity contribution in [3.05, 3.63) is 11.6 Å². The second-order valence-electron chi connectivity index (χ2n) is 2.90. The molecular formula is C8H14O. The number of aliphatic hydroxyl groups is 1. The van der Waals surface area contributed by atoms with Gasteiger partial charge in [-0.15, -0.1) is 0 Å². The van der Waals surface area contributed by atoms with E-state index in [-0.39, 0.29) is 6.61 Å². The van der Waals surface area contributed by atoms with E-state index in [4.69, 9.17) is 5.11 Å². The van der Waals surface area contributed by atoms with Crippen LogP contribution in [0, 0.1) is 5.92 Å². The zero-order valence-electron chi connectivity index (χ0n) is 5.93. The Labute approximate surface area is 56.4 Å². The molecule has 0 saturated carbocycles. The molecule has 0 radical (unpaired) electrons. The summed E-state index contributed by atoms with van der Waals surface area (Å²) in [7, 11) is 0. The fourth-order valence-electron chi connectivity index (χ4n) is 1.16. The normalized spacial score (nSPS) is 27.8. The Bertz CT molecular complexity index is 116. The fourth-order valence-corrected chi connectivity index (χ4v) is 1.16. The molecule has 0 amide bonds. The van der Waals surface area contributed by atoms with Crippen LogP contribution in [0.3, 0.4) is 0 Å². The summed E-state index contributed by atoms with van der Waals surface area (Å²) in [6.45, 7) is 2.53. The van der Waals surface area contributed by atoms with Crippen molar-refractivity contribution in [2.45, 2.75) is 26.2 Å². The van der Waals surface area contributed by atoms with Gasteiger partial charge in [-0.05, 0) is 30.8 Å². The molecular weight excluding hydrogens is 112 g/mol. The zero-order chi connectivity index (χ0) is 6.69. The van der Waals surface area contributed by atoms with Gasteiger partial charge in [0.1, 0.15) is 0 Å². The first-order chi connectivity index (χ1) is 4.33. The van der Waals surface area contributed by atoms with Crippen molar-refractivity contribution in [3.63, 3.8) is 0 Å². The Morgan fingerprint density at radius 3 is 3.00 bits per heavy atom. The van der Waals surface area contributed by atoms with Gasteiger partial charge in [0.05, 0.1) is 6.61 Å². The molecule has 9 heavy (non-hydrogen) atoms. The van der Waals surface area contributed by atoms with Crippen LogP contribution in [-0.2, 0) is 0 Å². The van der Waals surface area contributed by atoms with E-state index in [9.17, 15) is 0 Å². The Hall–Kier alpha value is -0.300. The summed E-state index contributed by atoms with van der Waals surface area (Å²) in [5.41, 5.74) is 1.23. The van der Waals surface area contributed by atoms with Gasteiger partial charge in [-0.2, -0.15) is 0 Å². The first-order valence-electron chi connectivity index (χ1n) is 3.61. The lowest BCUT2D eigenvalue weighted by Gasteiger charge is -2.15. The van der Waals surface area contributed by atoms with E-state index in [1.807, 2.05) is 0 Å². The molecule has 0 aromatic heterocycles. The van der Waals surface area contributed by atoms with Crippen LogP contribution in [0.5, 0.6) is 0 Å². The highest BCUT2D eigenvalue weighted by atomic mass is 16.3. The number of aliphatic hydroxyl groups excluding tert-OH is 1. The maximum atomic E-state index is 8.71. The average molecular weight is 126 g/mol. The smallest absolute Gasteiger partial charge is 0.0641 e. The van der Waals surface area contributed by atoms with Gasteiger partial charge in [0.2, 0.25) is 0 Å². The minimum absolute atomic E-state index is 0.271. The second kappa shape index (κ2) is 3.02. The highest BCUT2D eigenvalue weighted by Crippen LogP contribution is 2.21. The van der Waals surface area contributed by atoms with Gasteiger partial charge >= 0.3 is 0 Å². The minimum atomic E-state index is 0.271. The Balaban J connectivity index is 2.40. The monoisotopic (exact) mass is 126 g/mol. The van der Waals surface area contributed by atoms with E-state index in [0.29, 0.717) is 0 Å². The Morgan fingerprint density at radius 2 is 2.56 bits per heavy atom. The van der Waals surface area contributed by atoms with Crippen molar-refractivity contribution in [3.8, 4) is 0 Å². The van der Waals surface area contributed by atoms with E-state index < -0.39 is 0 Å². The molecule has 1 aliphatic rings. The SMILES string of the molecule is CC1CC=C(CO)CC1. The van der Waals surface area contributed by atoms with Gasteiger partial charge in [-0.1, -0.05) is 13.0 Å². The molecule has 1 heteroatoms. The van der Waals surface area contributed by atoms with Crippen LogP contribution in [0.25, 0.3) is 0 Å². The summed E-state index contributed by atoms with van der Waals surface area (Å²) in [4.78, 5) is 0. The summed E-state index contributed by atoms with van der Waals surface area (Å²) < 4.78 is 0. The third kappa shape index (κ3) is 1.83. The van der Waals surface area contributed by atoms with Crippen molar-refractivity contribution < 1.29 is 5.11 Å². The summed E-state index contributed by atoms with van der Waals surface area (Å²) >= 11 is 0. The molecule has 1 rings (SSSR count). The first-order valence-corrected chi connectivity index (χ1v) is 3.61. The van der Waals surface area contributed by atoms with Crippen LogP contribution in [0.4, 0.5) is 0 Å². The summed E-state index contributed by atoms with van der Waals surface area (Å²) in [5, 5.41) is 8.71. The first kappa shape index (κ1) is 6.81. The summed E-state index contributed by atoms with van der Waals surface area (Å²) in [5.74, 6) is 0.834. The lowest BCUT2D eigenvalue weighted by molar-refractivity contribution is 0.318. The standard InChI is InChI=1S/C8H14O/c1-7-2-4-8(6-9)5-3-7/h4,7,9H,2-3,5-6H2,1H3. The Kier molecular flexibility index (Phi) is 2.29. The van der Waals surface area contributed by atoms with Crippen LogP contribution < -0.4 is 0 Å². The highest BCUT2D eigenvalue weighted by molar-refractivity contribution is 5.05. The van der Waals surface area contributed by atoms with Crippen LogP contribution >= 0.6 is 0 Å². The number of hydrogen-bond acceptors (Lipinski definition) is 1. The van der Waals surface area contributed by atoms with Crippen LogP contribution in [0.1, 0.15) is 26.2 Å². The summed E-state index contributed by atoms with van der Waals surface area (Å²) in [6.07, 6.45) is 5.70. The molecule has 52 valence electrons. The van der Waals surface area contributed by atoms with Gasteiger partial charge in [-0.25, -0.2) is 0 Å². The van der Waals surface area contributed by atoms with Crippen molar-refractivity contribution in [2.75, 3.05) is 6.61 Å². The third-order valence-electron chi connectivity index (χ3n) is 1.97. The van der Waals surface area contributed by atoms with Crippen LogP contribution in [0.15, 0.2) is 11.6 Å². The van der Waals surface area contributed by atoms with Gasteiger partial charge in [0, 0.05) is 0 Å². The van der Waals surface area contributed by atoms with Crippen LogP contribution in [-0.4, -0.2) is 11.7 Å². The van der Waals surface area contributed by atoms with Crippen molar-refractivity contribution in [1.29, 1.82) is 0 Å². The van der Waals surface area contributed by atoms with E-state index in [1.165, 1.54) is 12.0 Å². The predicted octanol–water partition coefficient (Wildman–Crippen LogP) is 1.73. The molecule has 1 atom stereocenters. The maximum Gasteiger partial charge on any atom is 0.0641 e. The highest BCUT2D eigenvalue weighted by Gasteiger charge is 2.07. The molecule has 0 fully saturated rings. The quantitative estimate of drug-likeness (QED) is 0.530. The molecule has 0 bridgehead atoms. The van der Waals surface area contributed by atoms with E-state index >= 15 is 0 Å². The zero-order valence-corrected chi connectivity index (χ0v) is 5.93. The Morgan fingerprint density at radius 1 is 1.78 bits per heavy atom. The van der Waals surface area contributed by atoms with Gasteiger partial charge in [0.15, 0.2) is 0 Å². The van der Waals surface area contributed by atoms with Crippen molar-refractivity contribution >= 4 is 0 Å². The fraction of sp³-hybridized carbons (Fsp3) is 0.750. The van der Waals surface area contributed by atoms with E-state index in [1.54, 1.807) is 0 Å². The molecule has 0 spiro atoms. The van der Waals surface area contributed by atoms with Crippen LogP contribution in [0.2, 0.25) is 0 Å². The summed E-state index contributed by atoms with van der Waals surface area (Å²) in [6, 6.07) is 0. The number of rotatable bonds is 1. The average Bonchev–Trinajstić information content (AvgIpc) is 1.90. The largest absolute Gasteiger partial charge is 0.392 e. The van der Waals surface area contributed by atoms with Crippen molar-refractivity contribution in [1.82, 2.24) is 0 Å². The molecule has 1 N–H and O–H groups in total. The second-order valence-corrected chi connectivity index (χ2v) is 2.90. The molecule has 0 aliphatic heterocycles. The van der Waals surface area contributed by atoms with E-state index in [2.05, 4.69) is 13.0 Å². The molecule has 1 unspecified atom stereocenters. The number of hydrogen-bond donors (Lipinski definition) is 1. The number of allylic oxidation sites excluding steroid dienone is 1. The maximum absolute atomic E-state index is 8.71. The van der Waals surface area contributed by atoms with Crippen molar-refractivity contribution in [2.24, 2.45) is 5.92 Å². The topological polar surface area (TPSA) is 20.2 Å².